The van der Waals surface area contributed by atoms with Crippen molar-refractivity contribution in [2.75, 3.05) is 0 Å². The van der Waals surface area contributed by atoms with Gasteiger partial charge in [-0.25, -0.2) is 0 Å². The van der Waals surface area contributed by atoms with Crippen LogP contribution >= 0.6 is 0 Å². The van der Waals surface area contributed by atoms with Gasteiger partial charge in [0.2, 0.25) is 0 Å². The number of rotatable bonds is 3. The van der Waals surface area contributed by atoms with Crippen molar-refractivity contribution in [1.29, 1.82) is 0 Å². The molecular weight excluding hydrogens is 781 g/mol. The van der Waals surface area contributed by atoms with E-state index in [9.17, 15) is 0 Å². The second-order valence-electron chi connectivity index (χ2n) is 11.5. The van der Waals surface area contributed by atoms with Crippen molar-refractivity contribution < 1.29 is 33.1 Å². The van der Waals surface area contributed by atoms with Crippen molar-refractivity contribution in [2.45, 2.75) is 24.1 Å². The number of para-hydroxylation sites is 1. The first-order valence-electron chi connectivity index (χ1n) is 15.6. The van der Waals surface area contributed by atoms with Gasteiger partial charge in [-0.3, -0.25) is 0 Å². The molecule has 4 aromatic carbocycles. The van der Waals surface area contributed by atoms with Crippen LogP contribution in [0.5, 0.6) is 0 Å². The Bertz CT molecular complexity index is 2340. The van der Waals surface area contributed by atoms with Gasteiger partial charge in [0.1, 0.15) is 16.7 Å². The Morgan fingerprint density at radius 2 is 1.48 bits per heavy atom. The van der Waals surface area contributed by atoms with E-state index in [1.165, 1.54) is 16.7 Å². The molecule has 6 heteroatoms. The zero-order valence-corrected chi connectivity index (χ0v) is 28.9. The van der Waals surface area contributed by atoms with E-state index in [4.69, 9.17) is 12.9 Å². The molecule has 0 aliphatic heterocycles. The van der Waals surface area contributed by atoms with Crippen molar-refractivity contribution in [2.24, 2.45) is 0 Å². The maximum Gasteiger partial charge on any atom is 0 e. The summed E-state index contributed by atoms with van der Waals surface area (Å²) in [7, 11) is 0. The Balaban J connectivity index is 0.000000194. The predicted octanol–water partition coefficient (Wildman–Crippen LogP) is 9.75. The van der Waals surface area contributed by atoms with E-state index in [0.717, 1.165) is 49.6 Å². The Labute approximate surface area is 277 Å². The first kappa shape index (κ1) is 26.4. The minimum absolute atomic E-state index is 0. The fourth-order valence-electron chi connectivity index (χ4n) is 5.27. The standard InChI is InChI=1S/C24H14NO2.C14H16GeN.Ir/c1-14-9-10-25-20(11-14)17-7-4-6-16-19-13-22-18(12-23(19)27-24(16)17)15-5-2-3-8-21(15)26-22;1-15(2,3)13-9-10-14(16-11-13)12-7-5-4-6-8-12;/h2-6,8-13H,1H3;4-7,9-11H,1-3H3;/q2*-1;/i1D3;;. The molecule has 1 radical (unpaired) electrons. The average molecular weight is 815 g/mol. The molecular formula is C38H30GeIrN2O2-2. The van der Waals surface area contributed by atoms with Crippen molar-refractivity contribution >= 4 is 61.5 Å². The third-order valence-electron chi connectivity index (χ3n) is 7.56. The molecule has 4 aromatic heterocycles. The van der Waals surface area contributed by atoms with Crippen LogP contribution in [0.1, 0.15) is 9.68 Å². The van der Waals surface area contributed by atoms with Gasteiger partial charge < -0.3 is 13.8 Å². The van der Waals surface area contributed by atoms with Crippen LogP contribution < -0.4 is 4.40 Å². The quantitative estimate of drug-likeness (QED) is 0.132. The van der Waals surface area contributed by atoms with Crippen LogP contribution in [-0.4, -0.2) is 23.2 Å². The van der Waals surface area contributed by atoms with Gasteiger partial charge >= 0.3 is 99.8 Å². The number of hydrogen-bond acceptors (Lipinski definition) is 4. The first-order valence-corrected chi connectivity index (χ1v) is 21.5. The zero-order chi connectivity index (χ0) is 32.1. The third kappa shape index (κ3) is 5.75. The molecule has 0 saturated heterocycles. The second-order valence-corrected chi connectivity index (χ2v) is 22.2. The van der Waals surface area contributed by atoms with Crippen molar-refractivity contribution in [3.05, 3.63) is 127 Å². The van der Waals surface area contributed by atoms with Gasteiger partial charge in [-0.1, -0.05) is 40.8 Å². The molecule has 0 aliphatic rings. The molecule has 0 N–H and O–H groups in total. The first-order chi connectivity index (χ1) is 22.1. The fraction of sp³-hybridized carbons (Fsp3) is 0.105. The number of aryl methyl sites for hydroxylation is 1. The minimum Gasteiger partial charge on any atom is 0 e. The molecule has 219 valence electrons. The molecule has 0 amide bonds. The monoisotopic (exact) mass is 816 g/mol. The van der Waals surface area contributed by atoms with Crippen LogP contribution in [0.25, 0.3) is 66.4 Å². The van der Waals surface area contributed by atoms with Crippen LogP contribution in [0.2, 0.25) is 17.3 Å². The van der Waals surface area contributed by atoms with E-state index in [1.54, 1.807) is 12.1 Å². The summed E-state index contributed by atoms with van der Waals surface area (Å²) in [4.78, 5) is 8.90. The van der Waals surface area contributed by atoms with Gasteiger partial charge in [0.15, 0.2) is 0 Å². The molecule has 0 unspecified atom stereocenters. The molecule has 8 rings (SSSR count). The minimum atomic E-state index is -2.20. The molecule has 8 aromatic rings. The number of nitrogens with zero attached hydrogens (tertiary/aromatic N) is 2. The summed E-state index contributed by atoms with van der Waals surface area (Å²) in [5.74, 6) is 7.14. The van der Waals surface area contributed by atoms with Crippen LogP contribution in [0.3, 0.4) is 0 Å². The summed E-state index contributed by atoms with van der Waals surface area (Å²) in [6.45, 7) is -2.20. The van der Waals surface area contributed by atoms with E-state index in [2.05, 4.69) is 51.5 Å². The zero-order valence-electron chi connectivity index (χ0n) is 27.4. The maximum absolute atomic E-state index is 7.68. The molecule has 4 nitrogen and oxygen atoms in total. The SMILES string of the molecule is [2H]C([2H])([2H])c1ccnc(-c2[c-]ccc3c2oc2cc4c(cc23)oc2ccccc24)c1.[CH3][Ge]([CH3])([CH3])[c]1ccc(-c2[c-]cccc2)nc1.[Ir]. The van der Waals surface area contributed by atoms with E-state index >= 15 is 0 Å². The van der Waals surface area contributed by atoms with E-state index < -0.39 is 20.1 Å². The summed E-state index contributed by atoms with van der Waals surface area (Å²) in [5, 5.41) is 3.86. The van der Waals surface area contributed by atoms with Crippen molar-refractivity contribution in [3.8, 4) is 22.5 Å². The number of hydrogen-bond donors (Lipinski definition) is 0. The van der Waals surface area contributed by atoms with Crippen LogP contribution in [0, 0.1) is 19.0 Å². The topological polar surface area (TPSA) is 52.1 Å². The summed E-state index contributed by atoms with van der Waals surface area (Å²) in [6, 6.07) is 37.4. The summed E-state index contributed by atoms with van der Waals surface area (Å²) >= 11 is -1.72. The molecule has 44 heavy (non-hydrogen) atoms. The molecule has 0 fully saturated rings. The van der Waals surface area contributed by atoms with E-state index in [0.29, 0.717) is 16.8 Å². The smallest absolute Gasteiger partial charge is 0 e. The maximum atomic E-state index is 7.68. The Morgan fingerprint density at radius 1 is 0.682 bits per heavy atom. The number of pyridine rings is 2. The summed E-state index contributed by atoms with van der Waals surface area (Å²) < 4.78 is 36.7. The number of furan rings is 2. The van der Waals surface area contributed by atoms with E-state index in [1.807, 2.05) is 72.9 Å². The molecule has 0 bridgehead atoms. The van der Waals surface area contributed by atoms with Crippen LogP contribution in [0.15, 0.2) is 118 Å². The molecule has 0 atom stereocenters. The average Bonchev–Trinajstić information content (AvgIpc) is 3.61. The van der Waals surface area contributed by atoms with Gasteiger partial charge in [0, 0.05) is 46.6 Å². The Hall–Kier alpha value is -4.03. The van der Waals surface area contributed by atoms with Gasteiger partial charge in [0.25, 0.3) is 0 Å². The van der Waals surface area contributed by atoms with Crippen LogP contribution in [-0.2, 0) is 20.1 Å². The number of aromatic nitrogens is 2. The largest absolute Gasteiger partial charge is 0 e. The summed E-state index contributed by atoms with van der Waals surface area (Å²) in [5.41, 5.74) is 6.45. The van der Waals surface area contributed by atoms with Gasteiger partial charge in [0.05, 0.1) is 5.58 Å². The van der Waals surface area contributed by atoms with E-state index in [-0.39, 0.29) is 25.7 Å². The van der Waals surface area contributed by atoms with Gasteiger partial charge in [-0.05, 0) is 36.8 Å². The molecule has 0 spiro atoms. The van der Waals surface area contributed by atoms with Crippen molar-refractivity contribution in [1.82, 2.24) is 9.97 Å². The predicted molar refractivity (Wildman–Crippen MR) is 179 cm³/mol. The Morgan fingerprint density at radius 3 is 2.23 bits per heavy atom. The molecule has 4 heterocycles. The number of benzene rings is 4. The van der Waals surface area contributed by atoms with Gasteiger partial charge in [-0.2, -0.15) is 0 Å². The Kier molecular flexibility index (Phi) is 7.29. The summed E-state index contributed by atoms with van der Waals surface area (Å²) in [6.07, 6.45) is 3.54. The number of fused-ring (bicyclic) bond motifs is 6. The fourth-order valence-corrected chi connectivity index (χ4v) is 7.44. The third-order valence-corrected chi connectivity index (χ3v) is 11.8. The van der Waals surface area contributed by atoms with Crippen LogP contribution in [0.4, 0.5) is 0 Å². The van der Waals surface area contributed by atoms with Crippen molar-refractivity contribution in [3.63, 3.8) is 0 Å². The molecule has 0 aliphatic carbocycles. The molecule has 0 saturated carbocycles. The van der Waals surface area contributed by atoms with Gasteiger partial charge in [-0.15, -0.1) is 18.2 Å². The second kappa shape index (κ2) is 12.2. The normalized spacial score (nSPS) is 12.8.